The van der Waals surface area contributed by atoms with Gasteiger partial charge in [0, 0.05) is 23.2 Å². The Labute approximate surface area is 143 Å². The van der Waals surface area contributed by atoms with Gasteiger partial charge in [-0.15, -0.1) is 0 Å². The Hall–Kier alpha value is -2.44. The van der Waals surface area contributed by atoms with Gasteiger partial charge in [0.05, 0.1) is 0 Å². The summed E-state index contributed by atoms with van der Waals surface area (Å²) in [5.41, 5.74) is 0.475. The van der Waals surface area contributed by atoms with E-state index in [-0.39, 0.29) is 25.9 Å². The van der Waals surface area contributed by atoms with Crippen LogP contribution in [0.5, 0.6) is 17.2 Å². The predicted molar refractivity (Wildman–Crippen MR) is 87.9 cm³/mol. The Bertz CT molecular complexity index is 719. The van der Waals surface area contributed by atoms with Gasteiger partial charge in [0.15, 0.2) is 11.5 Å². The number of rotatable bonds is 6. The molecular formula is C17H16ClNO5. The lowest BCUT2D eigenvalue weighted by Crippen LogP contribution is -2.35. The normalized spacial score (nSPS) is 13.4. The molecular weight excluding hydrogens is 334 g/mol. The van der Waals surface area contributed by atoms with E-state index in [0.717, 1.165) is 0 Å². The first-order chi connectivity index (χ1) is 11.6. The van der Waals surface area contributed by atoms with Gasteiger partial charge in [-0.05, 0) is 36.4 Å². The highest BCUT2D eigenvalue weighted by molar-refractivity contribution is 6.30. The molecule has 0 aromatic heterocycles. The maximum Gasteiger partial charge on any atom is 0.251 e. The lowest BCUT2D eigenvalue weighted by atomic mass is 10.2. The monoisotopic (exact) mass is 349 g/mol. The van der Waals surface area contributed by atoms with Crippen LogP contribution in [0.15, 0.2) is 42.5 Å². The molecule has 0 saturated heterocycles. The van der Waals surface area contributed by atoms with E-state index in [4.69, 9.17) is 25.8 Å². The Morgan fingerprint density at radius 3 is 2.75 bits per heavy atom. The van der Waals surface area contributed by atoms with Gasteiger partial charge in [0.25, 0.3) is 5.91 Å². The summed E-state index contributed by atoms with van der Waals surface area (Å²) in [7, 11) is 0. The van der Waals surface area contributed by atoms with Crippen molar-refractivity contribution in [1.29, 1.82) is 0 Å². The molecule has 1 heterocycles. The molecule has 2 aromatic rings. The minimum Gasteiger partial charge on any atom is -0.491 e. The van der Waals surface area contributed by atoms with Crippen LogP contribution in [-0.2, 0) is 0 Å². The van der Waals surface area contributed by atoms with Crippen LogP contribution in [0.2, 0.25) is 5.02 Å². The minimum absolute atomic E-state index is 0.0422. The number of halogens is 1. The number of hydrogen-bond donors (Lipinski definition) is 2. The quantitative estimate of drug-likeness (QED) is 0.836. The number of fused-ring (bicyclic) bond motifs is 1. The molecule has 1 amide bonds. The zero-order valence-corrected chi connectivity index (χ0v) is 13.5. The maximum atomic E-state index is 11.9. The van der Waals surface area contributed by atoms with E-state index in [2.05, 4.69) is 5.32 Å². The van der Waals surface area contributed by atoms with Crippen molar-refractivity contribution in [2.45, 2.75) is 6.10 Å². The third-order valence-corrected chi connectivity index (χ3v) is 3.64. The second-order valence-electron chi connectivity index (χ2n) is 5.20. The van der Waals surface area contributed by atoms with Gasteiger partial charge < -0.3 is 24.6 Å². The highest BCUT2D eigenvalue weighted by Crippen LogP contribution is 2.35. The number of carbonyl (C=O) groups is 1. The van der Waals surface area contributed by atoms with Crippen molar-refractivity contribution in [3.63, 3.8) is 0 Å². The fourth-order valence-electron chi connectivity index (χ4n) is 2.13. The summed E-state index contributed by atoms with van der Waals surface area (Å²) in [5.74, 6) is 1.55. The number of hydrogen-bond acceptors (Lipinski definition) is 5. The van der Waals surface area contributed by atoms with Gasteiger partial charge in [0.1, 0.15) is 18.5 Å². The summed E-state index contributed by atoms with van der Waals surface area (Å²) in [6, 6.07) is 11.7. The highest BCUT2D eigenvalue weighted by atomic mass is 35.5. The minimum atomic E-state index is -0.841. The number of carbonyl (C=O) groups excluding carboxylic acids is 1. The molecule has 0 spiro atoms. The average molecular weight is 350 g/mol. The van der Waals surface area contributed by atoms with Gasteiger partial charge in [-0.25, -0.2) is 0 Å². The number of benzene rings is 2. The maximum absolute atomic E-state index is 11.9. The molecule has 24 heavy (non-hydrogen) atoms. The first-order valence-corrected chi connectivity index (χ1v) is 7.74. The molecule has 0 saturated carbocycles. The lowest BCUT2D eigenvalue weighted by molar-refractivity contribution is 0.0843. The van der Waals surface area contributed by atoms with Crippen molar-refractivity contribution in [1.82, 2.24) is 5.32 Å². The molecule has 2 N–H and O–H groups in total. The van der Waals surface area contributed by atoms with E-state index in [1.54, 1.807) is 42.5 Å². The standard InChI is InChI=1S/C17H16ClNO5/c18-12-3-1-11(2-4-12)17(21)19-8-13(20)9-22-14-5-6-15-16(7-14)24-10-23-15/h1-7,13,20H,8-10H2,(H,19,21)/t13-/m1/s1. The second-order valence-corrected chi connectivity index (χ2v) is 5.63. The summed E-state index contributed by atoms with van der Waals surface area (Å²) < 4.78 is 16.0. The average Bonchev–Trinajstić information content (AvgIpc) is 3.06. The first kappa shape index (κ1) is 16.4. The van der Waals surface area contributed by atoms with Crippen molar-refractivity contribution in [2.24, 2.45) is 0 Å². The number of aliphatic hydroxyl groups excluding tert-OH is 1. The third-order valence-electron chi connectivity index (χ3n) is 3.39. The van der Waals surface area contributed by atoms with Gasteiger partial charge >= 0.3 is 0 Å². The van der Waals surface area contributed by atoms with Crippen LogP contribution in [0.25, 0.3) is 0 Å². The zero-order chi connectivity index (χ0) is 16.9. The fraction of sp³-hybridized carbons (Fsp3) is 0.235. The fourth-order valence-corrected chi connectivity index (χ4v) is 2.26. The Morgan fingerprint density at radius 1 is 1.21 bits per heavy atom. The van der Waals surface area contributed by atoms with Gasteiger partial charge in [0.2, 0.25) is 6.79 Å². The van der Waals surface area contributed by atoms with E-state index >= 15 is 0 Å². The van der Waals surface area contributed by atoms with Crippen LogP contribution >= 0.6 is 11.6 Å². The number of nitrogens with one attached hydrogen (secondary N) is 1. The van der Waals surface area contributed by atoms with Crippen LogP contribution in [0.4, 0.5) is 0 Å². The molecule has 1 aliphatic heterocycles. The molecule has 0 bridgehead atoms. The molecule has 1 atom stereocenters. The lowest BCUT2D eigenvalue weighted by Gasteiger charge is -2.13. The van der Waals surface area contributed by atoms with E-state index < -0.39 is 6.10 Å². The highest BCUT2D eigenvalue weighted by Gasteiger charge is 2.15. The second kappa shape index (κ2) is 7.42. The molecule has 7 heteroatoms. The summed E-state index contributed by atoms with van der Waals surface area (Å²) >= 11 is 5.77. The molecule has 2 aromatic carbocycles. The molecule has 0 radical (unpaired) electrons. The van der Waals surface area contributed by atoms with Gasteiger partial charge in [-0.3, -0.25) is 4.79 Å². The summed E-state index contributed by atoms with van der Waals surface area (Å²) in [6.45, 7) is 0.310. The molecule has 0 fully saturated rings. The summed E-state index contributed by atoms with van der Waals surface area (Å²) in [4.78, 5) is 11.9. The van der Waals surface area contributed by atoms with Crippen LogP contribution in [0.3, 0.4) is 0 Å². The molecule has 0 aliphatic carbocycles. The van der Waals surface area contributed by atoms with Crippen molar-refractivity contribution in [2.75, 3.05) is 19.9 Å². The molecule has 126 valence electrons. The van der Waals surface area contributed by atoms with E-state index in [0.29, 0.717) is 27.8 Å². The van der Waals surface area contributed by atoms with Crippen molar-refractivity contribution in [3.8, 4) is 17.2 Å². The smallest absolute Gasteiger partial charge is 0.251 e. The van der Waals surface area contributed by atoms with Crippen LogP contribution < -0.4 is 19.5 Å². The Balaban J connectivity index is 1.45. The topological polar surface area (TPSA) is 77.0 Å². The summed E-state index contributed by atoms with van der Waals surface area (Å²) in [6.07, 6.45) is -0.841. The van der Waals surface area contributed by atoms with Gasteiger partial charge in [-0.1, -0.05) is 11.6 Å². The largest absolute Gasteiger partial charge is 0.491 e. The van der Waals surface area contributed by atoms with Gasteiger partial charge in [-0.2, -0.15) is 0 Å². The van der Waals surface area contributed by atoms with E-state index in [1.165, 1.54) is 0 Å². The van der Waals surface area contributed by atoms with Crippen LogP contribution in [0.1, 0.15) is 10.4 Å². The first-order valence-electron chi connectivity index (χ1n) is 7.36. The molecule has 6 nitrogen and oxygen atoms in total. The number of amides is 1. The zero-order valence-electron chi connectivity index (χ0n) is 12.7. The van der Waals surface area contributed by atoms with Crippen LogP contribution in [-0.4, -0.2) is 37.1 Å². The Kier molecular flexibility index (Phi) is 5.08. The molecule has 1 aliphatic rings. The summed E-state index contributed by atoms with van der Waals surface area (Å²) in [5, 5.41) is 13.1. The van der Waals surface area contributed by atoms with Crippen molar-refractivity contribution >= 4 is 17.5 Å². The molecule has 0 unspecified atom stereocenters. The molecule has 3 rings (SSSR count). The number of ether oxygens (including phenoxy) is 3. The van der Waals surface area contributed by atoms with E-state index in [1.807, 2.05) is 0 Å². The van der Waals surface area contributed by atoms with Crippen molar-refractivity contribution in [3.05, 3.63) is 53.1 Å². The van der Waals surface area contributed by atoms with E-state index in [9.17, 15) is 9.90 Å². The van der Waals surface area contributed by atoms with Crippen molar-refractivity contribution < 1.29 is 24.1 Å². The SMILES string of the molecule is O=C(NC[C@@H](O)COc1ccc2c(c1)OCO2)c1ccc(Cl)cc1. The number of aliphatic hydroxyl groups is 1. The van der Waals surface area contributed by atoms with Crippen LogP contribution in [0, 0.1) is 0 Å². The Morgan fingerprint density at radius 2 is 1.96 bits per heavy atom. The third kappa shape index (κ3) is 4.10. The predicted octanol–water partition coefficient (Wildman–Crippen LogP) is 2.24.